The van der Waals surface area contributed by atoms with Crippen LogP contribution in [-0.2, 0) is 26.2 Å². The lowest BCUT2D eigenvalue weighted by atomic mass is 10.1. The predicted molar refractivity (Wildman–Crippen MR) is 165 cm³/mol. The number of ether oxygens (including phenoxy) is 2. The van der Waals surface area contributed by atoms with E-state index in [1.54, 1.807) is 19.1 Å². The Kier molecular flexibility index (Phi) is 11.2. The average molecular weight is 616 g/mol. The number of sulfonamides is 1. The Balaban J connectivity index is 2.06. The molecule has 1 N–H and O–H groups in total. The Morgan fingerprint density at radius 3 is 2.12 bits per heavy atom. The maximum Gasteiger partial charge on any atom is 0.264 e. The van der Waals surface area contributed by atoms with Crippen LogP contribution in [0.3, 0.4) is 0 Å². The molecule has 3 aromatic rings. The molecule has 0 aliphatic heterocycles. The van der Waals surface area contributed by atoms with Crippen molar-refractivity contribution in [2.75, 3.05) is 25.1 Å². The van der Waals surface area contributed by atoms with Crippen LogP contribution in [0.5, 0.6) is 11.5 Å². The van der Waals surface area contributed by atoms with Crippen molar-refractivity contribution in [2.24, 2.45) is 0 Å². The van der Waals surface area contributed by atoms with Crippen molar-refractivity contribution in [3.05, 3.63) is 82.9 Å². The number of carbonyl (C=O) groups is 2. The van der Waals surface area contributed by atoms with Gasteiger partial charge >= 0.3 is 0 Å². The summed E-state index contributed by atoms with van der Waals surface area (Å²) in [6, 6.07) is 17.0. The Morgan fingerprint density at radius 2 is 1.55 bits per heavy atom. The molecule has 0 fully saturated rings. The lowest BCUT2D eigenvalue weighted by molar-refractivity contribution is -0.139. The van der Waals surface area contributed by atoms with Crippen molar-refractivity contribution < 1.29 is 27.5 Å². The topological polar surface area (TPSA) is 105 Å². The van der Waals surface area contributed by atoms with Gasteiger partial charge in [0.1, 0.15) is 12.6 Å². The second-order valence-corrected chi connectivity index (χ2v) is 12.3. The minimum absolute atomic E-state index is 0.0905. The molecule has 2 amide bonds. The zero-order valence-corrected chi connectivity index (χ0v) is 26.3. The van der Waals surface area contributed by atoms with Crippen LogP contribution in [-0.4, -0.2) is 58.0 Å². The number of carbonyl (C=O) groups excluding carboxylic acids is 2. The van der Waals surface area contributed by atoms with Gasteiger partial charge in [0.2, 0.25) is 11.8 Å². The number of amides is 2. The number of aryl methyl sites for hydroxylation is 1. The minimum Gasteiger partial charge on any atom is -0.493 e. The number of nitrogens with one attached hydrogen (secondary N) is 1. The number of hydrogen-bond donors (Lipinski definition) is 1. The van der Waals surface area contributed by atoms with Crippen LogP contribution in [0.4, 0.5) is 5.69 Å². The van der Waals surface area contributed by atoms with Crippen LogP contribution in [0, 0.1) is 6.92 Å². The van der Waals surface area contributed by atoms with Gasteiger partial charge in [0, 0.05) is 23.7 Å². The number of benzene rings is 3. The van der Waals surface area contributed by atoms with Gasteiger partial charge in [0.25, 0.3) is 10.0 Å². The van der Waals surface area contributed by atoms with E-state index >= 15 is 0 Å². The van der Waals surface area contributed by atoms with E-state index < -0.39 is 28.5 Å². The molecule has 11 heteroatoms. The fourth-order valence-electron chi connectivity index (χ4n) is 4.18. The molecule has 3 aromatic carbocycles. The molecule has 0 heterocycles. The van der Waals surface area contributed by atoms with Crippen molar-refractivity contribution in [3.63, 3.8) is 0 Å². The lowest BCUT2D eigenvalue weighted by Crippen LogP contribution is -2.52. The zero-order valence-electron chi connectivity index (χ0n) is 24.8. The first-order valence-electron chi connectivity index (χ1n) is 13.6. The summed E-state index contributed by atoms with van der Waals surface area (Å²) in [6.07, 6.45) is 0.721. The summed E-state index contributed by atoms with van der Waals surface area (Å²) in [5.74, 6) is -0.305. The van der Waals surface area contributed by atoms with E-state index in [0.29, 0.717) is 10.8 Å². The molecular weight excluding hydrogens is 578 g/mol. The molecule has 0 aliphatic carbocycles. The van der Waals surface area contributed by atoms with Crippen LogP contribution in [0.15, 0.2) is 71.6 Å². The second-order valence-electron chi connectivity index (χ2n) is 10.0. The first kappa shape index (κ1) is 32.8. The van der Waals surface area contributed by atoms with E-state index in [9.17, 15) is 18.0 Å². The van der Waals surface area contributed by atoms with Crippen LogP contribution in [0.2, 0.25) is 5.02 Å². The quantitative estimate of drug-likeness (QED) is 0.284. The van der Waals surface area contributed by atoms with Crippen molar-refractivity contribution in [1.29, 1.82) is 0 Å². The minimum atomic E-state index is -4.29. The summed E-state index contributed by atoms with van der Waals surface area (Å²) in [6.45, 7) is 6.98. The molecular formula is C31H38ClN3O6S. The van der Waals surface area contributed by atoms with Crippen LogP contribution < -0.4 is 19.1 Å². The smallest absolute Gasteiger partial charge is 0.264 e. The van der Waals surface area contributed by atoms with Gasteiger partial charge in [0.05, 0.1) is 24.8 Å². The van der Waals surface area contributed by atoms with Crippen molar-refractivity contribution in [1.82, 2.24) is 10.2 Å². The molecule has 0 saturated carbocycles. The lowest BCUT2D eigenvalue weighted by Gasteiger charge is -2.32. The molecule has 0 aromatic heterocycles. The molecule has 0 radical (unpaired) electrons. The van der Waals surface area contributed by atoms with Gasteiger partial charge in [0.15, 0.2) is 11.5 Å². The third-order valence-corrected chi connectivity index (χ3v) is 9.00. The van der Waals surface area contributed by atoms with Crippen LogP contribution >= 0.6 is 11.6 Å². The molecule has 0 unspecified atom stereocenters. The Morgan fingerprint density at radius 1 is 0.929 bits per heavy atom. The maximum absolute atomic E-state index is 14.1. The molecule has 0 aliphatic rings. The molecule has 0 spiro atoms. The number of anilines is 1. The van der Waals surface area contributed by atoms with Gasteiger partial charge in [-0.1, -0.05) is 48.4 Å². The van der Waals surface area contributed by atoms with E-state index in [1.165, 1.54) is 49.5 Å². The third kappa shape index (κ3) is 7.95. The summed E-state index contributed by atoms with van der Waals surface area (Å²) in [7, 11) is -1.44. The van der Waals surface area contributed by atoms with Gasteiger partial charge in [-0.15, -0.1) is 0 Å². The van der Waals surface area contributed by atoms with E-state index in [2.05, 4.69) is 5.32 Å². The Labute approximate surface area is 253 Å². The highest BCUT2D eigenvalue weighted by Gasteiger charge is 2.33. The summed E-state index contributed by atoms with van der Waals surface area (Å²) < 4.78 is 39.7. The maximum atomic E-state index is 14.1. The molecule has 3 rings (SSSR count). The highest BCUT2D eigenvalue weighted by Crippen LogP contribution is 2.32. The monoisotopic (exact) mass is 615 g/mol. The predicted octanol–water partition coefficient (Wildman–Crippen LogP) is 5.19. The van der Waals surface area contributed by atoms with Gasteiger partial charge < -0.3 is 19.7 Å². The fourth-order valence-corrected chi connectivity index (χ4v) is 5.73. The largest absolute Gasteiger partial charge is 0.493 e. The molecule has 9 nitrogen and oxygen atoms in total. The number of nitrogens with zero attached hydrogens (tertiary/aromatic N) is 2. The van der Waals surface area contributed by atoms with Crippen molar-refractivity contribution >= 4 is 39.1 Å². The summed E-state index contributed by atoms with van der Waals surface area (Å²) >= 11 is 6.09. The number of methoxy groups -OCH3 is 2. The van der Waals surface area contributed by atoms with Gasteiger partial charge in [-0.25, -0.2) is 8.42 Å². The molecule has 226 valence electrons. The van der Waals surface area contributed by atoms with Crippen molar-refractivity contribution in [2.45, 2.75) is 57.6 Å². The fraction of sp³-hybridized carbons (Fsp3) is 0.355. The van der Waals surface area contributed by atoms with Crippen LogP contribution in [0.25, 0.3) is 0 Å². The highest BCUT2D eigenvalue weighted by molar-refractivity contribution is 7.92. The highest BCUT2D eigenvalue weighted by atomic mass is 35.5. The van der Waals surface area contributed by atoms with Crippen molar-refractivity contribution in [3.8, 4) is 11.5 Å². The number of rotatable bonds is 13. The summed E-state index contributed by atoms with van der Waals surface area (Å²) in [5, 5.41) is 3.33. The Bertz CT molecular complexity index is 1480. The zero-order chi connectivity index (χ0) is 31.0. The first-order valence-corrected chi connectivity index (χ1v) is 15.4. The standard InChI is InChI=1S/C31H38ClN3O6S/c1-7-22(3)33-31(37)23(4)34(19-24-10-8-21(2)9-11-24)30(36)20-35(26-14-12-25(32)13-15-26)42(38,39)27-16-17-28(40-5)29(18-27)41-6/h8-18,22-23H,7,19-20H2,1-6H3,(H,33,37)/t22-,23+/m0/s1. The van der Waals surface area contributed by atoms with Crippen LogP contribution in [0.1, 0.15) is 38.3 Å². The normalized spacial score (nSPS) is 12.6. The molecule has 0 saturated heterocycles. The number of hydrogen-bond acceptors (Lipinski definition) is 6. The van der Waals surface area contributed by atoms with Gasteiger partial charge in [-0.05, 0) is 69.2 Å². The van der Waals surface area contributed by atoms with E-state index in [1.807, 2.05) is 45.0 Å². The average Bonchev–Trinajstić information content (AvgIpc) is 2.98. The van der Waals surface area contributed by atoms with E-state index in [0.717, 1.165) is 21.9 Å². The summed E-state index contributed by atoms with van der Waals surface area (Å²) in [4.78, 5) is 28.5. The second kappa shape index (κ2) is 14.4. The van der Waals surface area contributed by atoms with E-state index in [-0.39, 0.29) is 34.8 Å². The SMILES string of the molecule is CC[C@H](C)NC(=O)[C@@H](C)N(Cc1ccc(C)cc1)C(=O)CN(c1ccc(Cl)cc1)S(=O)(=O)c1ccc(OC)c(OC)c1. The van der Waals surface area contributed by atoms with Gasteiger partial charge in [-0.2, -0.15) is 0 Å². The molecule has 0 bridgehead atoms. The number of halogens is 1. The molecule has 42 heavy (non-hydrogen) atoms. The summed E-state index contributed by atoms with van der Waals surface area (Å²) in [5.41, 5.74) is 2.08. The third-order valence-electron chi connectivity index (χ3n) is 6.98. The first-order chi connectivity index (χ1) is 19.9. The molecule has 2 atom stereocenters. The Hall–Kier alpha value is -3.76. The van der Waals surface area contributed by atoms with E-state index in [4.69, 9.17) is 21.1 Å². The van der Waals surface area contributed by atoms with Gasteiger partial charge in [-0.3, -0.25) is 13.9 Å².